The van der Waals surface area contributed by atoms with Gasteiger partial charge in [0.2, 0.25) is 0 Å². The first kappa shape index (κ1) is 15.8. The topological polar surface area (TPSA) is 100 Å². The molecule has 0 bridgehead atoms. The Morgan fingerprint density at radius 1 is 1.27 bits per heavy atom. The lowest BCUT2D eigenvalue weighted by molar-refractivity contribution is 0.392. The van der Waals surface area contributed by atoms with Crippen molar-refractivity contribution in [3.8, 4) is 17.2 Å². The van der Waals surface area contributed by atoms with Gasteiger partial charge in [0.25, 0.3) is 0 Å². The van der Waals surface area contributed by atoms with E-state index >= 15 is 0 Å². The summed E-state index contributed by atoms with van der Waals surface area (Å²) in [5.41, 5.74) is 4.88. The molecule has 4 rings (SSSR count). The third-order valence-electron chi connectivity index (χ3n) is 4.45. The van der Waals surface area contributed by atoms with Gasteiger partial charge in [0.1, 0.15) is 5.76 Å². The molecule has 0 aliphatic carbocycles. The summed E-state index contributed by atoms with van der Waals surface area (Å²) in [5.74, 6) is 0.689. The lowest BCUT2D eigenvalue weighted by Crippen LogP contribution is -2.17. The second kappa shape index (κ2) is 6.01. The Morgan fingerprint density at radius 2 is 2.12 bits per heavy atom. The molecule has 26 heavy (non-hydrogen) atoms. The highest BCUT2D eigenvalue weighted by Crippen LogP contribution is 2.23. The van der Waals surface area contributed by atoms with Crippen LogP contribution in [0.2, 0.25) is 0 Å². The standard InChI is InChI=1S/C19H15N5O2/c1-11-16(12(2)26-23-11)10-24-17-7-15(9-21-18(17)22-19(24)25)14-5-3-4-13(6-14)8-20/h3-7,9H,10H2,1-2H3,(H,21,22,25). The van der Waals surface area contributed by atoms with Gasteiger partial charge in [-0.1, -0.05) is 17.3 Å². The molecular formula is C19H15N5O2. The Balaban J connectivity index is 1.85. The van der Waals surface area contributed by atoms with Crippen molar-refractivity contribution in [3.05, 3.63) is 69.6 Å². The van der Waals surface area contributed by atoms with Gasteiger partial charge in [0.05, 0.1) is 29.4 Å². The molecule has 1 aromatic carbocycles. The Hall–Kier alpha value is -3.66. The number of aryl methyl sites for hydroxylation is 2. The highest BCUT2D eigenvalue weighted by atomic mass is 16.5. The molecule has 0 amide bonds. The largest absolute Gasteiger partial charge is 0.361 e. The summed E-state index contributed by atoms with van der Waals surface area (Å²) in [6.45, 7) is 4.03. The van der Waals surface area contributed by atoms with Gasteiger partial charge in [0, 0.05) is 17.3 Å². The van der Waals surface area contributed by atoms with E-state index in [0.29, 0.717) is 29.0 Å². The third-order valence-corrected chi connectivity index (χ3v) is 4.45. The van der Waals surface area contributed by atoms with Crippen LogP contribution in [-0.4, -0.2) is 19.7 Å². The molecule has 0 saturated heterocycles. The predicted molar refractivity (Wildman–Crippen MR) is 95.6 cm³/mol. The number of fused-ring (bicyclic) bond motifs is 1. The van der Waals surface area contributed by atoms with Crippen LogP contribution < -0.4 is 5.69 Å². The molecule has 0 aliphatic heterocycles. The van der Waals surface area contributed by atoms with E-state index in [2.05, 4.69) is 21.2 Å². The molecule has 0 saturated carbocycles. The Bertz CT molecular complexity index is 1200. The number of aromatic nitrogens is 4. The van der Waals surface area contributed by atoms with Crippen molar-refractivity contribution in [3.63, 3.8) is 0 Å². The number of aromatic amines is 1. The fraction of sp³-hybridized carbons (Fsp3) is 0.158. The summed E-state index contributed by atoms with van der Waals surface area (Å²) in [6.07, 6.45) is 1.69. The number of hydrogen-bond donors (Lipinski definition) is 1. The van der Waals surface area contributed by atoms with E-state index in [4.69, 9.17) is 9.78 Å². The van der Waals surface area contributed by atoms with Gasteiger partial charge in [-0.3, -0.25) is 9.55 Å². The molecule has 0 spiro atoms. The normalized spacial score (nSPS) is 11.0. The average molecular weight is 345 g/mol. The summed E-state index contributed by atoms with van der Waals surface area (Å²) in [7, 11) is 0. The Kier molecular flexibility index (Phi) is 3.66. The number of nitrogens with one attached hydrogen (secondary N) is 1. The molecule has 7 nitrogen and oxygen atoms in total. The minimum absolute atomic E-state index is 0.240. The number of H-pyrrole nitrogens is 1. The van der Waals surface area contributed by atoms with Gasteiger partial charge in [0.15, 0.2) is 5.65 Å². The minimum atomic E-state index is -0.240. The number of pyridine rings is 1. The fourth-order valence-corrected chi connectivity index (χ4v) is 3.00. The second-order valence-corrected chi connectivity index (χ2v) is 6.10. The Morgan fingerprint density at radius 3 is 2.85 bits per heavy atom. The summed E-state index contributed by atoms with van der Waals surface area (Å²) in [4.78, 5) is 19.6. The smallest absolute Gasteiger partial charge is 0.327 e. The van der Waals surface area contributed by atoms with Crippen molar-refractivity contribution in [2.24, 2.45) is 0 Å². The molecule has 3 aromatic heterocycles. The summed E-state index contributed by atoms with van der Waals surface area (Å²) < 4.78 is 6.81. The molecule has 7 heteroatoms. The number of hydrogen-bond acceptors (Lipinski definition) is 5. The molecule has 0 radical (unpaired) electrons. The monoisotopic (exact) mass is 345 g/mol. The molecule has 128 valence electrons. The second-order valence-electron chi connectivity index (χ2n) is 6.10. The van der Waals surface area contributed by atoms with Gasteiger partial charge in [-0.2, -0.15) is 5.26 Å². The van der Waals surface area contributed by atoms with Crippen LogP contribution in [0.5, 0.6) is 0 Å². The van der Waals surface area contributed by atoms with Crippen LogP contribution in [-0.2, 0) is 6.54 Å². The van der Waals surface area contributed by atoms with E-state index in [1.54, 1.807) is 22.9 Å². The summed E-state index contributed by atoms with van der Waals surface area (Å²) in [5, 5.41) is 13.0. The lowest BCUT2D eigenvalue weighted by Gasteiger charge is -2.05. The molecule has 0 aliphatic rings. The molecule has 3 heterocycles. The van der Waals surface area contributed by atoms with E-state index in [1.165, 1.54) is 0 Å². The van der Waals surface area contributed by atoms with Crippen LogP contribution in [0, 0.1) is 25.2 Å². The maximum Gasteiger partial charge on any atom is 0.327 e. The van der Waals surface area contributed by atoms with E-state index in [-0.39, 0.29) is 5.69 Å². The van der Waals surface area contributed by atoms with Gasteiger partial charge in [-0.25, -0.2) is 9.78 Å². The quantitative estimate of drug-likeness (QED) is 0.615. The first-order chi connectivity index (χ1) is 12.6. The van der Waals surface area contributed by atoms with Gasteiger partial charge in [-0.15, -0.1) is 0 Å². The molecule has 0 fully saturated rings. The van der Waals surface area contributed by atoms with E-state index < -0.39 is 0 Å². The highest BCUT2D eigenvalue weighted by Gasteiger charge is 2.15. The highest BCUT2D eigenvalue weighted by molar-refractivity contribution is 5.78. The maximum absolute atomic E-state index is 12.4. The number of rotatable bonds is 3. The third kappa shape index (κ3) is 2.58. The fourth-order valence-electron chi connectivity index (χ4n) is 3.00. The van der Waals surface area contributed by atoms with E-state index in [9.17, 15) is 4.79 Å². The first-order valence-corrected chi connectivity index (χ1v) is 8.07. The molecular weight excluding hydrogens is 330 g/mol. The SMILES string of the molecule is Cc1noc(C)c1Cn1c(=O)[nH]c2ncc(-c3cccc(C#N)c3)cc21. The molecule has 4 aromatic rings. The van der Waals surface area contributed by atoms with Crippen LogP contribution >= 0.6 is 0 Å². The van der Waals surface area contributed by atoms with Crippen molar-refractivity contribution in [1.82, 2.24) is 19.7 Å². The average Bonchev–Trinajstić information content (AvgIpc) is 3.14. The van der Waals surface area contributed by atoms with Crippen LogP contribution in [0.4, 0.5) is 0 Å². The molecule has 1 N–H and O–H groups in total. The van der Waals surface area contributed by atoms with Crippen LogP contribution in [0.15, 0.2) is 45.8 Å². The maximum atomic E-state index is 12.4. The van der Waals surface area contributed by atoms with Gasteiger partial charge < -0.3 is 4.52 Å². The molecule has 0 atom stereocenters. The summed E-state index contributed by atoms with van der Waals surface area (Å²) in [6, 6.07) is 11.3. The van der Waals surface area contributed by atoms with Crippen molar-refractivity contribution < 1.29 is 4.52 Å². The van der Waals surface area contributed by atoms with Crippen molar-refractivity contribution in [2.75, 3.05) is 0 Å². The number of nitrogens with zero attached hydrogens (tertiary/aromatic N) is 4. The number of nitriles is 1. The van der Waals surface area contributed by atoms with Crippen molar-refractivity contribution >= 4 is 11.2 Å². The van der Waals surface area contributed by atoms with E-state index in [1.807, 2.05) is 32.0 Å². The van der Waals surface area contributed by atoms with Crippen molar-refractivity contribution in [2.45, 2.75) is 20.4 Å². The summed E-state index contributed by atoms with van der Waals surface area (Å²) >= 11 is 0. The van der Waals surface area contributed by atoms with Gasteiger partial charge >= 0.3 is 5.69 Å². The minimum Gasteiger partial charge on any atom is -0.361 e. The number of imidazole rings is 1. The Labute approximate surface area is 148 Å². The zero-order chi connectivity index (χ0) is 18.3. The van der Waals surface area contributed by atoms with E-state index in [0.717, 1.165) is 22.4 Å². The molecule has 0 unspecified atom stereocenters. The van der Waals surface area contributed by atoms with Crippen LogP contribution in [0.3, 0.4) is 0 Å². The lowest BCUT2D eigenvalue weighted by atomic mass is 10.1. The zero-order valence-electron chi connectivity index (χ0n) is 14.3. The predicted octanol–water partition coefficient (Wildman–Crippen LogP) is 2.92. The number of benzene rings is 1. The van der Waals surface area contributed by atoms with Crippen LogP contribution in [0.25, 0.3) is 22.3 Å². The van der Waals surface area contributed by atoms with Crippen LogP contribution in [0.1, 0.15) is 22.6 Å². The van der Waals surface area contributed by atoms with Gasteiger partial charge in [-0.05, 0) is 37.6 Å². The first-order valence-electron chi connectivity index (χ1n) is 8.07. The zero-order valence-corrected chi connectivity index (χ0v) is 14.3. The van der Waals surface area contributed by atoms with Crippen molar-refractivity contribution in [1.29, 1.82) is 5.26 Å².